The summed E-state index contributed by atoms with van der Waals surface area (Å²) in [6.07, 6.45) is 2.11. The molecular weight excluding hydrogens is 454 g/mol. The fourth-order valence-corrected chi connectivity index (χ4v) is 3.65. The molecular formula is C25H22ClN5O3. The summed E-state index contributed by atoms with van der Waals surface area (Å²) in [6, 6.07) is 16.6. The minimum absolute atomic E-state index is 0.210. The summed E-state index contributed by atoms with van der Waals surface area (Å²) in [7, 11) is 1.59. The number of anilines is 1. The average Bonchev–Trinajstić information content (AvgIpc) is 3.25. The molecule has 0 aliphatic carbocycles. The number of nitrogens with zero attached hydrogens (tertiary/aromatic N) is 4. The van der Waals surface area contributed by atoms with Gasteiger partial charge in [0.2, 0.25) is 5.91 Å². The summed E-state index contributed by atoms with van der Waals surface area (Å²) in [6.45, 7) is 2.32. The number of amides is 1. The minimum atomic E-state index is -0.256. The van der Waals surface area contributed by atoms with Crippen LogP contribution in [0.5, 0.6) is 11.5 Å². The second kappa shape index (κ2) is 10.2. The van der Waals surface area contributed by atoms with Crippen LogP contribution in [0.15, 0.2) is 54.7 Å². The molecule has 9 heteroatoms. The van der Waals surface area contributed by atoms with Gasteiger partial charge in [0, 0.05) is 16.8 Å². The lowest BCUT2D eigenvalue weighted by Crippen LogP contribution is -2.17. The third-order valence-electron chi connectivity index (χ3n) is 5.21. The molecule has 0 aliphatic heterocycles. The monoisotopic (exact) mass is 475 g/mol. The zero-order valence-electron chi connectivity index (χ0n) is 18.7. The smallest absolute Gasteiger partial charge is 0.225 e. The molecule has 1 N–H and O–H groups in total. The largest absolute Gasteiger partial charge is 0.494 e. The van der Waals surface area contributed by atoms with E-state index in [9.17, 15) is 10.1 Å². The van der Waals surface area contributed by atoms with Crippen LogP contribution in [0, 0.1) is 18.3 Å². The number of para-hydroxylation sites is 1. The number of benzene rings is 2. The number of methoxy groups -OCH3 is 1. The van der Waals surface area contributed by atoms with Crippen LogP contribution in [0.2, 0.25) is 5.02 Å². The number of rotatable bonds is 8. The molecule has 0 fully saturated rings. The number of nitrogens with one attached hydrogen (secondary N) is 1. The van der Waals surface area contributed by atoms with Crippen molar-refractivity contribution in [3.8, 4) is 23.4 Å². The number of halogens is 1. The Balaban J connectivity index is 1.50. The van der Waals surface area contributed by atoms with Gasteiger partial charge in [0.05, 0.1) is 19.9 Å². The number of aryl methyl sites for hydroxylation is 1. The molecule has 2 aromatic heterocycles. The zero-order chi connectivity index (χ0) is 24.1. The van der Waals surface area contributed by atoms with Crippen molar-refractivity contribution in [2.24, 2.45) is 0 Å². The number of hydrogen-bond donors (Lipinski definition) is 1. The van der Waals surface area contributed by atoms with Crippen molar-refractivity contribution in [2.75, 3.05) is 19.0 Å². The first-order valence-electron chi connectivity index (χ1n) is 10.6. The van der Waals surface area contributed by atoms with E-state index >= 15 is 0 Å². The number of nitriles is 1. The Morgan fingerprint density at radius 3 is 2.76 bits per heavy atom. The first-order chi connectivity index (χ1) is 16.5. The molecule has 0 radical (unpaired) electrons. The molecule has 0 unspecified atom stereocenters. The summed E-state index contributed by atoms with van der Waals surface area (Å²) in [5.74, 6) is 1.79. The van der Waals surface area contributed by atoms with Gasteiger partial charge in [-0.15, -0.1) is 0 Å². The molecule has 0 bridgehead atoms. The first kappa shape index (κ1) is 23.1. The maximum absolute atomic E-state index is 12.6. The number of hydrogen-bond acceptors (Lipinski definition) is 6. The van der Waals surface area contributed by atoms with Crippen LogP contribution in [-0.2, 0) is 4.79 Å². The quantitative estimate of drug-likeness (QED) is 0.357. The van der Waals surface area contributed by atoms with Gasteiger partial charge in [0.15, 0.2) is 11.6 Å². The number of fused-ring (bicyclic) bond motifs is 1. The van der Waals surface area contributed by atoms with Crippen molar-refractivity contribution in [1.29, 1.82) is 5.26 Å². The maximum atomic E-state index is 12.6. The van der Waals surface area contributed by atoms with Crippen LogP contribution < -0.4 is 14.8 Å². The van der Waals surface area contributed by atoms with Crippen molar-refractivity contribution >= 4 is 34.2 Å². The second-order valence-corrected chi connectivity index (χ2v) is 7.97. The normalized spacial score (nSPS) is 10.6. The zero-order valence-corrected chi connectivity index (χ0v) is 19.5. The van der Waals surface area contributed by atoms with Gasteiger partial charge in [-0.3, -0.25) is 4.79 Å². The summed E-state index contributed by atoms with van der Waals surface area (Å²) < 4.78 is 12.5. The van der Waals surface area contributed by atoms with Gasteiger partial charge in [0.1, 0.15) is 28.6 Å². The van der Waals surface area contributed by atoms with Gasteiger partial charge in [-0.1, -0.05) is 23.7 Å². The molecule has 1 amide bonds. The topological polar surface area (TPSA) is 102 Å². The first-order valence-corrected chi connectivity index (χ1v) is 11.0. The second-order valence-electron chi connectivity index (χ2n) is 7.54. The molecule has 4 aromatic rings. The van der Waals surface area contributed by atoms with E-state index in [0.717, 1.165) is 10.9 Å². The SMILES string of the molecule is COc1cccc2c(C)cc(-n3ncc(C#N)c3NC(=O)CCCOc3ccc(Cl)cc3)nc12. The third-order valence-corrected chi connectivity index (χ3v) is 5.46. The molecule has 4 rings (SSSR count). The molecule has 0 spiro atoms. The molecule has 0 saturated carbocycles. The Morgan fingerprint density at radius 2 is 2.03 bits per heavy atom. The van der Waals surface area contributed by atoms with Crippen LogP contribution in [0.3, 0.4) is 0 Å². The van der Waals surface area contributed by atoms with E-state index < -0.39 is 0 Å². The van der Waals surface area contributed by atoms with E-state index in [1.54, 1.807) is 31.4 Å². The number of pyridine rings is 1. The Morgan fingerprint density at radius 1 is 1.24 bits per heavy atom. The van der Waals surface area contributed by atoms with Gasteiger partial charge in [-0.2, -0.15) is 15.0 Å². The summed E-state index contributed by atoms with van der Waals surface area (Å²) in [5.41, 5.74) is 1.88. The third kappa shape index (κ3) is 4.95. The molecule has 34 heavy (non-hydrogen) atoms. The van der Waals surface area contributed by atoms with Crippen molar-refractivity contribution in [2.45, 2.75) is 19.8 Å². The van der Waals surface area contributed by atoms with E-state index in [4.69, 9.17) is 26.1 Å². The van der Waals surface area contributed by atoms with Crippen LogP contribution in [0.25, 0.3) is 16.7 Å². The molecule has 2 heterocycles. The molecule has 0 saturated heterocycles. The fourth-order valence-electron chi connectivity index (χ4n) is 3.52. The lowest BCUT2D eigenvalue weighted by molar-refractivity contribution is -0.116. The molecule has 2 aromatic carbocycles. The van der Waals surface area contributed by atoms with E-state index in [1.807, 2.05) is 31.2 Å². The Kier molecular flexibility index (Phi) is 6.95. The van der Waals surface area contributed by atoms with Gasteiger partial charge < -0.3 is 14.8 Å². The molecule has 8 nitrogen and oxygen atoms in total. The number of carbonyl (C=O) groups excluding carboxylic acids is 1. The lowest BCUT2D eigenvalue weighted by atomic mass is 10.1. The Labute approximate surface area is 201 Å². The van der Waals surface area contributed by atoms with Crippen molar-refractivity contribution in [3.63, 3.8) is 0 Å². The van der Waals surface area contributed by atoms with Gasteiger partial charge in [-0.25, -0.2) is 4.98 Å². The fraction of sp³-hybridized carbons (Fsp3) is 0.200. The maximum Gasteiger partial charge on any atom is 0.225 e. The van der Waals surface area contributed by atoms with Crippen LogP contribution in [-0.4, -0.2) is 34.4 Å². The highest BCUT2D eigenvalue weighted by Gasteiger charge is 2.18. The highest BCUT2D eigenvalue weighted by molar-refractivity contribution is 6.30. The number of carbonyl (C=O) groups is 1. The number of ether oxygens (including phenoxy) is 2. The van der Waals surface area contributed by atoms with E-state index in [0.29, 0.717) is 40.9 Å². The van der Waals surface area contributed by atoms with E-state index in [2.05, 4.69) is 16.5 Å². The highest BCUT2D eigenvalue weighted by Crippen LogP contribution is 2.29. The van der Waals surface area contributed by atoms with Crippen molar-refractivity contribution < 1.29 is 14.3 Å². The van der Waals surface area contributed by atoms with Gasteiger partial charge in [0.25, 0.3) is 0 Å². The molecule has 172 valence electrons. The molecule has 0 aliphatic rings. The summed E-state index contributed by atoms with van der Waals surface area (Å²) in [5, 5.41) is 18.2. The van der Waals surface area contributed by atoms with Crippen molar-refractivity contribution in [1.82, 2.24) is 14.8 Å². The Bertz CT molecular complexity index is 1380. The standard InChI is InChI=1S/C25H22ClN5O3/c1-16-13-22(29-24-20(16)5-3-6-21(24)33-2)31-25(17(14-27)15-28-31)30-23(32)7-4-12-34-19-10-8-18(26)9-11-19/h3,5-6,8-11,13,15H,4,7,12H2,1-2H3,(H,30,32). The van der Waals surface area contributed by atoms with E-state index in [1.165, 1.54) is 10.9 Å². The predicted molar refractivity (Wildman–Crippen MR) is 130 cm³/mol. The summed E-state index contributed by atoms with van der Waals surface area (Å²) in [4.78, 5) is 17.3. The highest BCUT2D eigenvalue weighted by atomic mass is 35.5. The lowest BCUT2D eigenvalue weighted by Gasteiger charge is -2.12. The average molecular weight is 476 g/mol. The van der Waals surface area contributed by atoms with Crippen LogP contribution in [0.1, 0.15) is 24.0 Å². The number of aromatic nitrogens is 3. The molecule has 0 atom stereocenters. The minimum Gasteiger partial charge on any atom is -0.494 e. The Hall–Kier alpha value is -4.09. The van der Waals surface area contributed by atoms with Crippen molar-refractivity contribution in [3.05, 3.63) is 70.9 Å². The van der Waals surface area contributed by atoms with E-state index in [-0.39, 0.29) is 23.7 Å². The van der Waals surface area contributed by atoms with Crippen LogP contribution in [0.4, 0.5) is 5.82 Å². The van der Waals surface area contributed by atoms with Gasteiger partial charge in [-0.05, 0) is 55.3 Å². The van der Waals surface area contributed by atoms with Gasteiger partial charge >= 0.3 is 0 Å². The van der Waals surface area contributed by atoms with Crippen LogP contribution >= 0.6 is 11.6 Å². The predicted octanol–water partition coefficient (Wildman–Crippen LogP) is 5.06. The summed E-state index contributed by atoms with van der Waals surface area (Å²) >= 11 is 5.87.